The molecule has 1 aliphatic rings. The summed E-state index contributed by atoms with van der Waals surface area (Å²) >= 11 is 0. The van der Waals surface area contributed by atoms with Crippen LogP contribution in [0, 0.1) is 0 Å². The summed E-state index contributed by atoms with van der Waals surface area (Å²) in [6.07, 6.45) is 5.45. The minimum absolute atomic E-state index is 0.132. The number of ether oxygens (including phenoxy) is 1. The zero-order valence-corrected chi connectivity index (χ0v) is 15.7. The van der Waals surface area contributed by atoms with Gasteiger partial charge in [-0.1, -0.05) is 19.8 Å². The molecule has 1 aliphatic heterocycles. The van der Waals surface area contributed by atoms with Crippen LogP contribution >= 0.6 is 0 Å². The normalized spacial score (nSPS) is 15.3. The number of morpholine rings is 1. The van der Waals surface area contributed by atoms with Gasteiger partial charge in [-0.15, -0.1) is 0 Å². The molecule has 0 spiro atoms. The van der Waals surface area contributed by atoms with Crippen LogP contribution in [0.5, 0.6) is 0 Å². The number of amides is 2. The molecule has 6 heteroatoms. The molecule has 2 aromatic rings. The summed E-state index contributed by atoms with van der Waals surface area (Å²) in [5.41, 5.74) is 2.03. The van der Waals surface area contributed by atoms with Gasteiger partial charge >= 0.3 is 6.03 Å². The van der Waals surface area contributed by atoms with Crippen LogP contribution in [0.4, 0.5) is 10.5 Å². The number of carbonyl (C=O) groups is 1. The number of fused-ring (bicyclic) bond motifs is 1. The van der Waals surface area contributed by atoms with Crippen LogP contribution in [-0.4, -0.2) is 54.9 Å². The Morgan fingerprint density at radius 3 is 2.81 bits per heavy atom. The highest BCUT2D eigenvalue weighted by Crippen LogP contribution is 2.20. The maximum atomic E-state index is 12.0. The third-order valence-corrected chi connectivity index (χ3v) is 4.86. The SMILES string of the molecule is CCCCCNC(=O)Nc1ccc2c(ccn2CCN2CCOCC2)c1. The van der Waals surface area contributed by atoms with E-state index >= 15 is 0 Å². The quantitative estimate of drug-likeness (QED) is 0.712. The van der Waals surface area contributed by atoms with Crippen molar-refractivity contribution in [2.75, 3.05) is 44.7 Å². The van der Waals surface area contributed by atoms with Gasteiger partial charge in [-0.05, 0) is 30.7 Å². The lowest BCUT2D eigenvalue weighted by atomic mass is 10.2. The molecule has 26 heavy (non-hydrogen) atoms. The van der Waals surface area contributed by atoms with Crippen LogP contribution < -0.4 is 10.6 Å². The summed E-state index contributed by atoms with van der Waals surface area (Å²) < 4.78 is 7.68. The highest BCUT2D eigenvalue weighted by atomic mass is 16.5. The standard InChI is InChI=1S/C20H30N4O2/c1-2-3-4-8-21-20(25)22-18-5-6-19-17(16-18)7-9-24(19)11-10-23-12-14-26-15-13-23/h5-7,9,16H,2-4,8,10-15H2,1H3,(H2,21,22,25). The van der Waals surface area contributed by atoms with Crippen molar-refractivity contribution in [3.63, 3.8) is 0 Å². The van der Waals surface area contributed by atoms with Crippen molar-refractivity contribution in [1.82, 2.24) is 14.8 Å². The number of benzene rings is 1. The molecule has 3 rings (SSSR count). The second-order valence-corrected chi connectivity index (χ2v) is 6.82. The Morgan fingerprint density at radius 1 is 1.15 bits per heavy atom. The third kappa shape index (κ3) is 5.22. The average molecular weight is 358 g/mol. The Morgan fingerprint density at radius 2 is 2.00 bits per heavy atom. The third-order valence-electron chi connectivity index (χ3n) is 4.86. The summed E-state index contributed by atoms with van der Waals surface area (Å²) in [7, 11) is 0. The van der Waals surface area contributed by atoms with Crippen LogP contribution in [-0.2, 0) is 11.3 Å². The smallest absolute Gasteiger partial charge is 0.319 e. The van der Waals surface area contributed by atoms with E-state index in [1.807, 2.05) is 12.1 Å². The first-order chi connectivity index (χ1) is 12.8. The predicted octanol–water partition coefficient (Wildman–Crippen LogP) is 3.29. The molecule has 0 bridgehead atoms. The van der Waals surface area contributed by atoms with E-state index in [1.165, 1.54) is 5.52 Å². The van der Waals surface area contributed by atoms with Crippen LogP contribution in [0.2, 0.25) is 0 Å². The number of aromatic nitrogens is 1. The molecule has 2 N–H and O–H groups in total. The fourth-order valence-electron chi connectivity index (χ4n) is 3.30. The fourth-order valence-corrected chi connectivity index (χ4v) is 3.30. The summed E-state index contributed by atoms with van der Waals surface area (Å²) in [5, 5.41) is 6.98. The van der Waals surface area contributed by atoms with Gasteiger partial charge in [-0.3, -0.25) is 4.90 Å². The molecule has 1 aromatic heterocycles. The molecule has 0 unspecified atom stereocenters. The summed E-state index contributed by atoms with van der Waals surface area (Å²) in [4.78, 5) is 14.4. The molecule has 0 atom stereocenters. The van der Waals surface area contributed by atoms with Gasteiger partial charge in [0.1, 0.15) is 0 Å². The molecule has 1 saturated heterocycles. The lowest BCUT2D eigenvalue weighted by molar-refractivity contribution is 0.0365. The number of anilines is 1. The number of nitrogens with one attached hydrogen (secondary N) is 2. The Labute approximate surface area is 155 Å². The molecule has 2 heterocycles. The van der Waals surface area contributed by atoms with Crippen molar-refractivity contribution in [2.24, 2.45) is 0 Å². The zero-order valence-electron chi connectivity index (χ0n) is 15.7. The maximum absolute atomic E-state index is 12.0. The monoisotopic (exact) mass is 358 g/mol. The van der Waals surface area contributed by atoms with Crippen molar-refractivity contribution < 1.29 is 9.53 Å². The maximum Gasteiger partial charge on any atom is 0.319 e. The molecular formula is C20H30N4O2. The van der Waals surface area contributed by atoms with Crippen LogP contribution in [0.3, 0.4) is 0 Å². The fraction of sp³-hybridized carbons (Fsp3) is 0.550. The van der Waals surface area contributed by atoms with E-state index in [9.17, 15) is 4.79 Å². The van der Waals surface area contributed by atoms with Crippen LogP contribution in [0.25, 0.3) is 10.9 Å². The van der Waals surface area contributed by atoms with E-state index in [0.717, 1.165) is 76.3 Å². The van der Waals surface area contributed by atoms with Crippen LogP contribution in [0.15, 0.2) is 30.5 Å². The van der Waals surface area contributed by atoms with E-state index in [0.29, 0.717) is 0 Å². The van der Waals surface area contributed by atoms with E-state index in [-0.39, 0.29) is 6.03 Å². The number of carbonyl (C=O) groups excluding carboxylic acids is 1. The minimum Gasteiger partial charge on any atom is -0.379 e. The lowest BCUT2D eigenvalue weighted by Gasteiger charge is -2.26. The van der Waals surface area contributed by atoms with Crippen LogP contribution in [0.1, 0.15) is 26.2 Å². The number of urea groups is 1. The van der Waals surface area contributed by atoms with Gasteiger partial charge < -0.3 is 19.9 Å². The Balaban J connectivity index is 1.53. The first-order valence-electron chi connectivity index (χ1n) is 9.70. The van der Waals surface area contributed by atoms with E-state index in [2.05, 4.69) is 45.4 Å². The first kappa shape index (κ1) is 18.7. The summed E-state index contributed by atoms with van der Waals surface area (Å²) in [5.74, 6) is 0. The van der Waals surface area contributed by atoms with Gasteiger partial charge in [0.25, 0.3) is 0 Å². The molecule has 1 fully saturated rings. The van der Waals surface area contributed by atoms with Gasteiger partial charge in [-0.2, -0.15) is 0 Å². The van der Waals surface area contributed by atoms with E-state index < -0.39 is 0 Å². The van der Waals surface area contributed by atoms with E-state index in [4.69, 9.17) is 4.74 Å². The van der Waals surface area contributed by atoms with Crippen molar-refractivity contribution in [3.05, 3.63) is 30.5 Å². The molecule has 1 aromatic carbocycles. The number of nitrogens with zero attached hydrogens (tertiary/aromatic N) is 2. The second-order valence-electron chi connectivity index (χ2n) is 6.82. The minimum atomic E-state index is -0.132. The van der Waals surface area contributed by atoms with Gasteiger partial charge in [-0.25, -0.2) is 4.79 Å². The molecule has 2 amide bonds. The van der Waals surface area contributed by atoms with Crippen molar-refractivity contribution >= 4 is 22.6 Å². The number of unbranched alkanes of at least 4 members (excludes halogenated alkanes) is 2. The second kappa shape index (κ2) is 9.59. The Kier molecular flexibility index (Phi) is 6.91. The predicted molar refractivity (Wildman–Crippen MR) is 106 cm³/mol. The first-order valence-corrected chi connectivity index (χ1v) is 9.70. The van der Waals surface area contributed by atoms with Crippen molar-refractivity contribution in [2.45, 2.75) is 32.7 Å². The molecular weight excluding hydrogens is 328 g/mol. The topological polar surface area (TPSA) is 58.5 Å². The van der Waals surface area contributed by atoms with Crippen molar-refractivity contribution in [3.8, 4) is 0 Å². The number of hydrogen-bond acceptors (Lipinski definition) is 3. The lowest BCUT2D eigenvalue weighted by Crippen LogP contribution is -2.38. The summed E-state index contributed by atoms with van der Waals surface area (Å²) in [6.45, 7) is 8.58. The zero-order chi connectivity index (χ0) is 18.2. The highest BCUT2D eigenvalue weighted by Gasteiger charge is 2.11. The van der Waals surface area contributed by atoms with Gasteiger partial charge in [0.05, 0.1) is 13.2 Å². The largest absolute Gasteiger partial charge is 0.379 e. The molecule has 0 aliphatic carbocycles. The van der Waals surface area contributed by atoms with Gasteiger partial charge in [0.15, 0.2) is 0 Å². The number of hydrogen-bond donors (Lipinski definition) is 2. The van der Waals surface area contributed by atoms with E-state index in [1.54, 1.807) is 0 Å². The summed E-state index contributed by atoms with van der Waals surface area (Å²) in [6, 6.07) is 8.07. The van der Waals surface area contributed by atoms with Crippen molar-refractivity contribution in [1.29, 1.82) is 0 Å². The molecule has 0 saturated carbocycles. The molecule has 142 valence electrons. The Bertz CT molecular complexity index is 707. The number of rotatable bonds is 8. The van der Waals surface area contributed by atoms with Gasteiger partial charge in [0.2, 0.25) is 0 Å². The molecule has 0 radical (unpaired) electrons. The Hall–Kier alpha value is -2.05. The van der Waals surface area contributed by atoms with Gasteiger partial charge in [0, 0.05) is 55.5 Å². The highest BCUT2D eigenvalue weighted by molar-refractivity contribution is 5.92. The average Bonchev–Trinajstić information content (AvgIpc) is 3.07. The molecule has 6 nitrogen and oxygen atoms in total.